The van der Waals surface area contributed by atoms with Crippen molar-refractivity contribution >= 4 is 30.7 Å². The molecule has 1 aromatic rings. The Balaban J connectivity index is 0.00000364. The first-order chi connectivity index (χ1) is 12.0. The summed E-state index contributed by atoms with van der Waals surface area (Å²) in [6.45, 7) is 4.88. The van der Waals surface area contributed by atoms with Gasteiger partial charge in [-0.2, -0.15) is 13.2 Å². The van der Waals surface area contributed by atoms with Gasteiger partial charge in [0.1, 0.15) is 5.54 Å². The second-order valence-corrected chi connectivity index (χ2v) is 6.93. The highest BCUT2D eigenvalue weighted by Gasteiger charge is 2.62. The summed E-state index contributed by atoms with van der Waals surface area (Å²) in [5.41, 5.74) is 5.26. The lowest BCUT2D eigenvalue weighted by atomic mass is 9.54. The number of pyridine rings is 1. The summed E-state index contributed by atoms with van der Waals surface area (Å²) in [5, 5.41) is 2.73. The molecule has 2 rings (SSSR count). The number of ether oxygens (including phenoxy) is 2. The molecule has 11 heteroatoms. The number of alkyl halides is 3. The number of aromatic nitrogens is 1. The summed E-state index contributed by atoms with van der Waals surface area (Å²) < 4.78 is 46.8. The molecule has 28 heavy (non-hydrogen) atoms. The molecule has 2 unspecified atom stereocenters. The number of rotatable bonds is 7. The highest BCUT2D eigenvalue weighted by Crippen LogP contribution is 2.49. The molecule has 0 aliphatic heterocycles. The van der Waals surface area contributed by atoms with Crippen molar-refractivity contribution in [1.29, 1.82) is 0 Å². The lowest BCUT2D eigenvalue weighted by Gasteiger charge is -2.57. The van der Waals surface area contributed by atoms with Crippen LogP contribution in [0.2, 0.25) is 0 Å². The van der Waals surface area contributed by atoms with Gasteiger partial charge in [-0.05, 0) is 18.6 Å². The van der Waals surface area contributed by atoms with Crippen LogP contribution in [-0.4, -0.2) is 41.9 Å². The van der Waals surface area contributed by atoms with Crippen LogP contribution >= 0.6 is 24.8 Å². The molecule has 0 aromatic carbocycles. The molecule has 1 amide bonds. The van der Waals surface area contributed by atoms with E-state index in [0.29, 0.717) is 18.6 Å². The number of hydrogen-bond donors (Lipinski definition) is 2. The maximum atomic E-state index is 12.5. The molecule has 0 bridgehead atoms. The van der Waals surface area contributed by atoms with Crippen molar-refractivity contribution in [2.24, 2.45) is 11.1 Å². The van der Waals surface area contributed by atoms with Gasteiger partial charge in [0.25, 0.3) is 0 Å². The van der Waals surface area contributed by atoms with Gasteiger partial charge in [-0.3, -0.25) is 4.79 Å². The van der Waals surface area contributed by atoms with Crippen LogP contribution in [0, 0.1) is 5.41 Å². The summed E-state index contributed by atoms with van der Waals surface area (Å²) in [6, 6.07) is 2.93. The van der Waals surface area contributed by atoms with E-state index in [9.17, 15) is 18.0 Å². The topological polar surface area (TPSA) is 86.5 Å². The summed E-state index contributed by atoms with van der Waals surface area (Å²) in [4.78, 5) is 16.3. The fraction of sp³-hybridized carbons (Fsp3) is 0.647. The first kappa shape index (κ1) is 26.7. The van der Waals surface area contributed by atoms with Gasteiger partial charge in [0, 0.05) is 37.3 Å². The van der Waals surface area contributed by atoms with E-state index < -0.39 is 23.7 Å². The highest BCUT2D eigenvalue weighted by atomic mass is 35.5. The smallest absolute Gasteiger partial charge is 0.422 e. The van der Waals surface area contributed by atoms with E-state index in [1.165, 1.54) is 12.3 Å². The Labute approximate surface area is 174 Å². The van der Waals surface area contributed by atoms with Crippen LogP contribution in [-0.2, 0) is 16.1 Å². The first-order valence-corrected chi connectivity index (χ1v) is 8.33. The summed E-state index contributed by atoms with van der Waals surface area (Å²) >= 11 is 0. The van der Waals surface area contributed by atoms with E-state index in [-0.39, 0.29) is 49.2 Å². The van der Waals surface area contributed by atoms with Gasteiger partial charge in [-0.25, -0.2) is 4.98 Å². The molecular formula is C17H26Cl2F3N3O3. The Kier molecular flexibility index (Phi) is 9.50. The largest absolute Gasteiger partial charge is 0.468 e. The highest BCUT2D eigenvalue weighted by molar-refractivity contribution is 5.88. The minimum absolute atomic E-state index is 0. The van der Waals surface area contributed by atoms with Crippen molar-refractivity contribution in [3.8, 4) is 5.88 Å². The third-order valence-electron chi connectivity index (χ3n) is 4.87. The molecule has 2 atom stereocenters. The lowest BCUT2D eigenvalue weighted by molar-refractivity contribution is -0.170. The predicted octanol–water partition coefficient (Wildman–Crippen LogP) is 3.02. The average Bonchev–Trinajstić information content (AvgIpc) is 2.57. The molecule has 0 spiro atoms. The standard InChI is InChI=1S/C17H24F3N3O3.2ClH/c1-4-25-12-8-16(21,15(12,2)3)14(24)23-9-11-5-6-22-13(7-11)26-10-17(18,19)20;;/h5-7,12H,4,8-10,21H2,1-3H3,(H,23,24);2*1H. The maximum absolute atomic E-state index is 12.5. The van der Waals surface area contributed by atoms with Crippen molar-refractivity contribution in [3.63, 3.8) is 0 Å². The van der Waals surface area contributed by atoms with Crippen LogP contribution < -0.4 is 15.8 Å². The van der Waals surface area contributed by atoms with Gasteiger partial charge in [0.15, 0.2) is 6.61 Å². The number of nitrogens with zero attached hydrogens (tertiary/aromatic N) is 1. The van der Waals surface area contributed by atoms with Crippen molar-refractivity contribution in [2.75, 3.05) is 13.2 Å². The Morgan fingerprint density at radius 1 is 1.39 bits per heavy atom. The van der Waals surface area contributed by atoms with Gasteiger partial charge in [-0.1, -0.05) is 13.8 Å². The molecular weight excluding hydrogens is 422 g/mol. The van der Waals surface area contributed by atoms with Crippen molar-refractivity contribution in [3.05, 3.63) is 23.9 Å². The molecule has 1 fully saturated rings. The number of carbonyl (C=O) groups excluding carboxylic acids is 1. The molecule has 1 aliphatic carbocycles. The third kappa shape index (κ3) is 5.85. The first-order valence-electron chi connectivity index (χ1n) is 8.33. The number of hydrogen-bond acceptors (Lipinski definition) is 5. The zero-order valence-electron chi connectivity index (χ0n) is 15.8. The number of nitrogens with one attached hydrogen (secondary N) is 1. The van der Waals surface area contributed by atoms with E-state index >= 15 is 0 Å². The predicted molar refractivity (Wildman–Crippen MR) is 103 cm³/mol. The van der Waals surface area contributed by atoms with Gasteiger partial charge in [0.05, 0.1) is 6.10 Å². The van der Waals surface area contributed by atoms with Crippen LogP contribution in [0.25, 0.3) is 0 Å². The van der Waals surface area contributed by atoms with Crippen molar-refractivity contribution in [2.45, 2.75) is 51.6 Å². The Morgan fingerprint density at radius 3 is 2.57 bits per heavy atom. The summed E-state index contributed by atoms with van der Waals surface area (Å²) in [5.74, 6) is -0.482. The number of amides is 1. The SMILES string of the molecule is CCOC1CC(N)(C(=O)NCc2ccnc(OCC(F)(F)F)c2)C1(C)C.Cl.Cl. The molecule has 1 aliphatic rings. The van der Waals surface area contributed by atoms with Crippen LogP contribution in [0.5, 0.6) is 5.88 Å². The van der Waals surface area contributed by atoms with Crippen molar-refractivity contribution in [1.82, 2.24) is 10.3 Å². The normalized spacial score (nSPS) is 22.9. The molecule has 0 saturated heterocycles. The van der Waals surface area contributed by atoms with Gasteiger partial charge in [-0.15, -0.1) is 24.8 Å². The second-order valence-electron chi connectivity index (χ2n) is 6.93. The molecule has 162 valence electrons. The molecule has 1 saturated carbocycles. The number of carbonyl (C=O) groups is 1. The van der Waals surface area contributed by atoms with Gasteiger partial charge < -0.3 is 20.5 Å². The van der Waals surface area contributed by atoms with E-state index in [1.54, 1.807) is 6.07 Å². The van der Waals surface area contributed by atoms with Crippen LogP contribution in [0.15, 0.2) is 18.3 Å². The minimum Gasteiger partial charge on any atom is -0.468 e. The van der Waals surface area contributed by atoms with Gasteiger partial charge >= 0.3 is 6.18 Å². The zero-order chi connectivity index (χ0) is 19.6. The molecule has 1 aromatic heterocycles. The Bertz CT molecular complexity index is 662. The zero-order valence-corrected chi connectivity index (χ0v) is 17.5. The van der Waals surface area contributed by atoms with E-state index in [0.717, 1.165) is 0 Å². The quantitative estimate of drug-likeness (QED) is 0.670. The van der Waals surface area contributed by atoms with Gasteiger partial charge in [0.2, 0.25) is 11.8 Å². The van der Waals surface area contributed by atoms with Crippen LogP contribution in [0.4, 0.5) is 13.2 Å². The Morgan fingerprint density at radius 2 is 2.04 bits per heavy atom. The molecule has 0 radical (unpaired) electrons. The van der Waals surface area contributed by atoms with Crippen LogP contribution in [0.1, 0.15) is 32.8 Å². The lowest BCUT2D eigenvalue weighted by Crippen LogP contribution is -2.75. The molecule has 6 nitrogen and oxygen atoms in total. The van der Waals surface area contributed by atoms with E-state index in [2.05, 4.69) is 15.0 Å². The number of nitrogens with two attached hydrogens (primary N) is 1. The molecule has 3 N–H and O–H groups in total. The fourth-order valence-electron chi connectivity index (χ4n) is 2.96. The average molecular weight is 448 g/mol. The Hall–Kier alpha value is -1.29. The number of halogens is 5. The fourth-order valence-corrected chi connectivity index (χ4v) is 2.96. The summed E-state index contributed by atoms with van der Waals surface area (Å²) in [7, 11) is 0. The van der Waals surface area contributed by atoms with E-state index in [4.69, 9.17) is 10.5 Å². The van der Waals surface area contributed by atoms with E-state index in [1.807, 2.05) is 20.8 Å². The maximum Gasteiger partial charge on any atom is 0.422 e. The molecule has 1 heterocycles. The third-order valence-corrected chi connectivity index (χ3v) is 4.87. The van der Waals surface area contributed by atoms with Crippen molar-refractivity contribution < 1.29 is 27.4 Å². The second kappa shape index (κ2) is 9.96. The van der Waals surface area contributed by atoms with Crippen LogP contribution in [0.3, 0.4) is 0 Å². The summed E-state index contributed by atoms with van der Waals surface area (Å²) in [6.07, 6.45) is -2.80. The minimum atomic E-state index is -4.44. The monoisotopic (exact) mass is 447 g/mol.